The number of hydrogen-bond donors (Lipinski definition) is 1. The number of carbonyl (C=O) groups excluding carboxylic acids is 1. The molecule has 1 N–H and O–H groups in total. The summed E-state index contributed by atoms with van der Waals surface area (Å²) in [5.74, 6) is -0.565. The van der Waals surface area contributed by atoms with Gasteiger partial charge < -0.3 is 10.2 Å². The van der Waals surface area contributed by atoms with Crippen molar-refractivity contribution in [2.24, 2.45) is 0 Å². The lowest BCUT2D eigenvalue weighted by Gasteiger charge is -2.19. The Bertz CT molecular complexity index is 747. The van der Waals surface area contributed by atoms with E-state index in [4.69, 9.17) is 0 Å². The van der Waals surface area contributed by atoms with Crippen molar-refractivity contribution in [3.05, 3.63) is 58.7 Å². The van der Waals surface area contributed by atoms with Crippen LogP contribution in [0, 0.1) is 13.8 Å². The second kappa shape index (κ2) is 6.55. The van der Waals surface area contributed by atoms with E-state index in [2.05, 4.69) is 5.32 Å². The van der Waals surface area contributed by atoms with Gasteiger partial charge in [0.25, 0.3) is 5.91 Å². The second-order valence-corrected chi connectivity index (χ2v) is 5.95. The molecule has 0 aliphatic heterocycles. The first-order chi connectivity index (χ1) is 11.1. The Morgan fingerprint density at radius 1 is 1.00 bits per heavy atom. The lowest BCUT2D eigenvalue weighted by molar-refractivity contribution is -0.136. The van der Waals surface area contributed by atoms with Crippen LogP contribution < -0.4 is 10.2 Å². The minimum atomic E-state index is -4.56. The largest absolute Gasteiger partial charge is 0.418 e. The molecule has 2 aromatic rings. The highest BCUT2D eigenvalue weighted by Crippen LogP contribution is 2.37. The van der Waals surface area contributed by atoms with Gasteiger partial charge in [-0.05, 0) is 44.2 Å². The maximum Gasteiger partial charge on any atom is 0.418 e. The molecular formula is C18H19F3N2O. The standard InChI is InChI=1S/C18H19F3N2O/c1-11-7-12(2)9-13(8-11)17(24)22-16-6-5-14(23(3)4)10-15(16)18(19,20)21/h5-10H,1-4H3,(H,22,24). The SMILES string of the molecule is Cc1cc(C)cc(C(=O)Nc2ccc(N(C)C)cc2C(F)(F)F)c1. The molecule has 0 aliphatic carbocycles. The van der Waals surface area contributed by atoms with E-state index in [1.165, 1.54) is 12.1 Å². The highest BCUT2D eigenvalue weighted by molar-refractivity contribution is 6.05. The van der Waals surface area contributed by atoms with Crippen LogP contribution in [0.5, 0.6) is 0 Å². The van der Waals surface area contributed by atoms with Crippen LogP contribution in [0.4, 0.5) is 24.5 Å². The fraction of sp³-hybridized carbons (Fsp3) is 0.278. The molecule has 0 aromatic heterocycles. The Balaban J connectivity index is 2.39. The van der Waals surface area contributed by atoms with Gasteiger partial charge in [0.1, 0.15) is 0 Å². The van der Waals surface area contributed by atoms with E-state index in [1.807, 2.05) is 19.9 Å². The number of nitrogens with one attached hydrogen (secondary N) is 1. The minimum absolute atomic E-state index is 0.253. The normalized spacial score (nSPS) is 11.3. The molecule has 0 saturated heterocycles. The average molecular weight is 336 g/mol. The van der Waals surface area contributed by atoms with Gasteiger partial charge in [-0.2, -0.15) is 13.2 Å². The van der Waals surface area contributed by atoms with E-state index in [1.54, 1.807) is 31.1 Å². The summed E-state index contributed by atoms with van der Waals surface area (Å²) in [5, 5.41) is 2.38. The molecular weight excluding hydrogens is 317 g/mol. The van der Waals surface area contributed by atoms with Gasteiger partial charge in [0.15, 0.2) is 0 Å². The van der Waals surface area contributed by atoms with Crippen LogP contribution in [0.2, 0.25) is 0 Å². The zero-order chi connectivity index (χ0) is 18.1. The quantitative estimate of drug-likeness (QED) is 0.885. The molecule has 0 heterocycles. The number of carbonyl (C=O) groups is 1. The van der Waals surface area contributed by atoms with Crippen LogP contribution >= 0.6 is 0 Å². The molecule has 0 atom stereocenters. The van der Waals surface area contributed by atoms with E-state index < -0.39 is 17.6 Å². The van der Waals surface area contributed by atoms with E-state index in [0.29, 0.717) is 11.3 Å². The van der Waals surface area contributed by atoms with Crippen molar-refractivity contribution < 1.29 is 18.0 Å². The maximum atomic E-state index is 13.3. The molecule has 3 nitrogen and oxygen atoms in total. The number of aryl methyl sites for hydroxylation is 2. The fourth-order valence-electron chi connectivity index (χ4n) is 2.45. The Kier molecular flexibility index (Phi) is 4.87. The Morgan fingerprint density at radius 3 is 2.08 bits per heavy atom. The van der Waals surface area contributed by atoms with Crippen LogP contribution in [0.1, 0.15) is 27.0 Å². The summed E-state index contributed by atoms with van der Waals surface area (Å²) in [6.45, 7) is 3.66. The van der Waals surface area contributed by atoms with Crippen molar-refractivity contribution in [2.75, 3.05) is 24.3 Å². The third kappa shape index (κ3) is 4.07. The molecule has 0 unspecified atom stereocenters. The molecule has 24 heavy (non-hydrogen) atoms. The fourth-order valence-corrected chi connectivity index (χ4v) is 2.45. The third-order valence-electron chi connectivity index (χ3n) is 3.56. The number of rotatable bonds is 3. The van der Waals surface area contributed by atoms with Crippen molar-refractivity contribution >= 4 is 17.3 Å². The van der Waals surface area contributed by atoms with Crippen molar-refractivity contribution in [3.63, 3.8) is 0 Å². The highest BCUT2D eigenvalue weighted by Gasteiger charge is 2.34. The van der Waals surface area contributed by atoms with Crippen LogP contribution in [0.15, 0.2) is 36.4 Å². The number of hydrogen-bond acceptors (Lipinski definition) is 2. The number of anilines is 2. The molecule has 128 valence electrons. The third-order valence-corrected chi connectivity index (χ3v) is 3.56. The minimum Gasteiger partial charge on any atom is -0.378 e. The Hall–Kier alpha value is -2.50. The number of amides is 1. The van der Waals surface area contributed by atoms with E-state index in [-0.39, 0.29) is 5.69 Å². The van der Waals surface area contributed by atoms with Crippen LogP contribution in [0.3, 0.4) is 0 Å². The zero-order valence-corrected chi connectivity index (χ0v) is 14.0. The predicted molar refractivity (Wildman–Crippen MR) is 89.6 cm³/mol. The molecule has 0 radical (unpaired) electrons. The summed E-state index contributed by atoms with van der Waals surface area (Å²) in [5.41, 5.74) is 1.37. The van der Waals surface area contributed by atoms with Gasteiger partial charge in [-0.25, -0.2) is 0 Å². The molecule has 0 bridgehead atoms. The molecule has 0 spiro atoms. The number of halogens is 3. The first-order valence-electron chi connectivity index (χ1n) is 7.36. The van der Waals surface area contributed by atoms with E-state index >= 15 is 0 Å². The van der Waals surface area contributed by atoms with Gasteiger partial charge in [0.05, 0.1) is 11.3 Å². The zero-order valence-electron chi connectivity index (χ0n) is 14.0. The van der Waals surface area contributed by atoms with Crippen molar-refractivity contribution in [3.8, 4) is 0 Å². The van der Waals surface area contributed by atoms with Gasteiger partial charge >= 0.3 is 6.18 Å². The topological polar surface area (TPSA) is 32.3 Å². The van der Waals surface area contributed by atoms with Gasteiger partial charge in [-0.3, -0.25) is 4.79 Å². The summed E-state index contributed by atoms with van der Waals surface area (Å²) < 4.78 is 39.9. The summed E-state index contributed by atoms with van der Waals surface area (Å²) in [4.78, 5) is 13.9. The van der Waals surface area contributed by atoms with Gasteiger partial charge in [-0.1, -0.05) is 17.2 Å². The van der Waals surface area contributed by atoms with E-state index in [9.17, 15) is 18.0 Å². The smallest absolute Gasteiger partial charge is 0.378 e. The van der Waals surface area contributed by atoms with Crippen molar-refractivity contribution in [2.45, 2.75) is 20.0 Å². The Labute approximate surface area is 139 Å². The lowest BCUT2D eigenvalue weighted by Crippen LogP contribution is -2.18. The van der Waals surface area contributed by atoms with Crippen LogP contribution in [-0.4, -0.2) is 20.0 Å². The molecule has 0 aliphatic rings. The summed E-state index contributed by atoms with van der Waals surface area (Å²) in [7, 11) is 3.31. The van der Waals surface area contributed by atoms with Crippen molar-refractivity contribution in [1.82, 2.24) is 0 Å². The molecule has 2 rings (SSSR count). The highest BCUT2D eigenvalue weighted by atomic mass is 19.4. The second-order valence-electron chi connectivity index (χ2n) is 5.95. The first kappa shape index (κ1) is 17.8. The van der Waals surface area contributed by atoms with Crippen LogP contribution in [0.25, 0.3) is 0 Å². The number of alkyl halides is 3. The number of benzene rings is 2. The maximum absolute atomic E-state index is 13.3. The van der Waals surface area contributed by atoms with Gasteiger partial charge in [0.2, 0.25) is 0 Å². The van der Waals surface area contributed by atoms with Gasteiger partial charge in [0, 0.05) is 25.3 Å². The molecule has 1 amide bonds. The lowest BCUT2D eigenvalue weighted by atomic mass is 10.1. The van der Waals surface area contributed by atoms with E-state index in [0.717, 1.165) is 17.2 Å². The summed E-state index contributed by atoms with van der Waals surface area (Å²) >= 11 is 0. The van der Waals surface area contributed by atoms with Crippen molar-refractivity contribution in [1.29, 1.82) is 0 Å². The first-order valence-corrected chi connectivity index (χ1v) is 7.36. The van der Waals surface area contributed by atoms with Crippen LogP contribution in [-0.2, 0) is 6.18 Å². The average Bonchev–Trinajstić information content (AvgIpc) is 2.45. The monoisotopic (exact) mass is 336 g/mol. The summed E-state index contributed by atoms with van der Waals surface area (Å²) in [6, 6.07) is 9.01. The number of nitrogens with zero attached hydrogens (tertiary/aromatic N) is 1. The molecule has 6 heteroatoms. The molecule has 0 fully saturated rings. The Morgan fingerprint density at radius 2 is 1.58 bits per heavy atom. The predicted octanol–water partition coefficient (Wildman–Crippen LogP) is 4.64. The summed E-state index contributed by atoms with van der Waals surface area (Å²) in [6.07, 6.45) is -4.56. The molecule has 0 saturated carbocycles. The molecule has 2 aromatic carbocycles. The van der Waals surface area contributed by atoms with Gasteiger partial charge in [-0.15, -0.1) is 0 Å².